The molecular formula is C22H42O6. The summed E-state index contributed by atoms with van der Waals surface area (Å²) in [5.74, 6) is 0.705. The van der Waals surface area contributed by atoms with Gasteiger partial charge in [-0.15, -0.1) is 0 Å². The molecule has 0 spiro atoms. The maximum atomic E-state index is 11.9. The van der Waals surface area contributed by atoms with Crippen molar-refractivity contribution in [3.63, 3.8) is 0 Å². The number of rotatable bonds is 15. The first-order chi connectivity index (χ1) is 13.4. The Morgan fingerprint density at radius 3 is 1.32 bits per heavy atom. The Hall–Kier alpha value is -1.46. The molecule has 0 aliphatic rings. The minimum Gasteiger partial charge on any atom is -0.434 e. The average molecular weight is 403 g/mol. The second kappa shape index (κ2) is 16.5. The molecule has 0 heterocycles. The van der Waals surface area contributed by atoms with Gasteiger partial charge in [0.2, 0.25) is 0 Å². The summed E-state index contributed by atoms with van der Waals surface area (Å²) in [4.78, 5) is 23.8. The Morgan fingerprint density at radius 1 is 0.679 bits per heavy atom. The first-order valence-corrected chi connectivity index (χ1v) is 11.0. The smallest absolute Gasteiger partial charge is 0.434 e. The molecule has 0 aromatic rings. The summed E-state index contributed by atoms with van der Waals surface area (Å²) in [5.41, 5.74) is 0. The highest BCUT2D eigenvalue weighted by molar-refractivity contribution is 5.61. The third-order valence-corrected chi connectivity index (χ3v) is 5.19. The van der Waals surface area contributed by atoms with Crippen LogP contribution >= 0.6 is 0 Å². The summed E-state index contributed by atoms with van der Waals surface area (Å²) < 4.78 is 20.9. The molecule has 0 aromatic heterocycles. The number of hydrogen-bond donors (Lipinski definition) is 0. The highest BCUT2D eigenvalue weighted by atomic mass is 16.8. The Labute approximate surface area is 171 Å². The molecular weight excluding hydrogens is 360 g/mol. The number of carbonyl (C=O) groups is 2. The van der Waals surface area contributed by atoms with Gasteiger partial charge in [-0.1, -0.05) is 66.2 Å². The Bertz CT molecular complexity index is 374. The molecule has 0 aromatic carbocycles. The average Bonchev–Trinajstić information content (AvgIpc) is 2.68. The fourth-order valence-corrected chi connectivity index (χ4v) is 2.73. The van der Waals surface area contributed by atoms with E-state index in [1.165, 1.54) is 0 Å². The molecule has 4 unspecified atom stereocenters. The monoisotopic (exact) mass is 402 g/mol. The summed E-state index contributed by atoms with van der Waals surface area (Å²) in [6.45, 7) is 12.5. The molecule has 28 heavy (non-hydrogen) atoms. The van der Waals surface area contributed by atoms with E-state index in [0.29, 0.717) is 25.0 Å². The molecule has 0 amide bonds. The molecule has 0 aliphatic carbocycles. The van der Waals surface area contributed by atoms with Crippen LogP contribution in [0.1, 0.15) is 92.9 Å². The molecule has 0 N–H and O–H groups in total. The van der Waals surface area contributed by atoms with Crippen molar-refractivity contribution in [2.24, 2.45) is 11.8 Å². The molecule has 166 valence electrons. The normalized spacial score (nSPS) is 15.2. The van der Waals surface area contributed by atoms with E-state index in [4.69, 9.17) is 18.9 Å². The van der Waals surface area contributed by atoms with E-state index < -0.39 is 24.5 Å². The van der Waals surface area contributed by atoms with Crippen molar-refractivity contribution in [3.05, 3.63) is 0 Å². The van der Waals surface area contributed by atoms with E-state index in [0.717, 1.165) is 51.4 Å². The first kappa shape index (κ1) is 26.5. The lowest BCUT2D eigenvalue weighted by atomic mass is 10.0. The molecule has 0 saturated heterocycles. The van der Waals surface area contributed by atoms with Crippen LogP contribution in [0, 0.1) is 11.8 Å². The van der Waals surface area contributed by atoms with Crippen molar-refractivity contribution >= 4 is 12.3 Å². The lowest BCUT2D eigenvalue weighted by Crippen LogP contribution is -2.32. The molecule has 0 fully saturated rings. The van der Waals surface area contributed by atoms with Crippen LogP contribution in [0.15, 0.2) is 0 Å². The van der Waals surface area contributed by atoms with E-state index in [1.54, 1.807) is 13.8 Å². The van der Waals surface area contributed by atoms with Crippen LogP contribution in [0.2, 0.25) is 0 Å². The van der Waals surface area contributed by atoms with Gasteiger partial charge in [-0.25, -0.2) is 9.59 Å². The summed E-state index contributed by atoms with van der Waals surface area (Å²) in [6.07, 6.45) is 5.83. The standard InChI is InChI=1S/C22H42O6/c1-7-11-13-19(9-3)15-25-21(23)27-17(5)18(6)28-22(24)26-16-20(10-4)14-12-8-2/h17-20H,7-16H2,1-6H3. The zero-order valence-electron chi connectivity index (χ0n) is 18.8. The van der Waals surface area contributed by atoms with Crippen molar-refractivity contribution in [1.29, 1.82) is 0 Å². The van der Waals surface area contributed by atoms with Gasteiger partial charge in [0.05, 0.1) is 13.2 Å². The first-order valence-electron chi connectivity index (χ1n) is 11.0. The van der Waals surface area contributed by atoms with Gasteiger partial charge in [0.15, 0.2) is 0 Å². The minimum atomic E-state index is -0.725. The number of unbranched alkanes of at least 4 members (excludes halogenated alkanes) is 2. The van der Waals surface area contributed by atoms with Crippen molar-refractivity contribution in [2.45, 2.75) is 105 Å². The molecule has 0 radical (unpaired) electrons. The summed E-state index contributed by atoms with van der Waals surface area (Å²) in [7, 11) is 0. The van der Waals surface area contributed by atoms with Crippen molar-refractivity contribution < 1.29 is 28.5 Å². The van der Waals surface area contributed by atoms with Crippen LogP contribution in [0.3, 0.4) is 0 Å². The maximum Gasteiger partial charge on any atom is 0.508 e. The summed E-state index contributed by atoms with van der Waals surface area (Å²) in [6, 6.07) is 0. The molecule has 6 heteroatoms. The number of carbonyl (C=O) groups excluding carboxylic acids is 2. The van der Waals surface area contributed by atoms with Crippen molar-refractivity contribution in [2.75, 3.05) is 13.2 Å². The van der Waals surface area contributed by atoms with Crippen LogP contribution in [-0.2, 0) is 18.9 Å². The Balaban J connectivity index is 4.16. The van der Waals surface area contributed by atoms with E-state index in [1.807, 2.05) is 0 Å². The zero-order valence-corrected chi connectivity index (χ0v) is 18.8. The molecule has 0 rings (SSSR count). The maximum absolute atomic E-state index is 11.9. The van der Waals surface area contributed by atoms with Gasteiger partial charge in [-0.3, -0.25) is 0 Å². The van der Waals surface area contributed by atoms with Gasteiger partial charge in [0.25, 0.3) is 0 Å². The molecule has 0 saturated carbocycles. The van der Waals surface area contributed by atoms with Gasteiger partial charge in [-0.05, 0) is 38.5 Å². The third-order valence-electron chi connectivity index (χ3n) is 5.19. The molecule has 0 aliphatic heterocycles. The second-order valence-corrected chi connectivity index (χ2v) is 7.60. The lowest BCUT2D eigenvalue weighted by molar-refractivity contribution is -0.0481. The predicted octanol–water partition coefficient (Wildman–Crippen LogP) is 6.50. The zero-order chi connectivity index (χ0) is 21.4. The van der Waals surface area contributed by atoms with Crippen LogP contribution in [-0.4, -0.2) is 37.7 Å². The Morgan fingerprint density at radius 2 is 1.04 bits per heavy atom. The van der Waals surface area contributed by atoms with Gasteiger partial charge >= 0.3 is 12.3 Å². The van der Waals surface area contributed by atoms with Crippen LogP contribution < -0.4 is 0 Å². The quantitative estimate of drug-likeness (QED) is 0.291. The third kappa shape index (κ3) is 12.8. The summed E-state index contributed by atoms with van der Waals surface area (Å²) in [5, 5.41) is 0. The van der Waals surface area contributed by atoms with Crippen molar-refractivity contribution in [3.8, 4) is 0 Å². The highest BCUT2D eigenvalue weighted by Crippen LogP contribution is 2.15. The second-order valence-electron chi connectivity index (χ2n) is 7.60. The highest BCUT2D eigenvalue weighted by Gasteiger charge is 2.23. The summed E-state index contributed by atoms with van der Waals surface area (Å²) >= 11 is 0. The molecule has 0 bridgehead atoms. The van der Waals surface area contributed by atoms with Crippen LogP contribution in [0.5, 0.6) is 0 Å². The fourth-order valence-electron chi connectivity index (χ4n) is 2.73. The van der Waals surface area contributed by atoms with Crippen LogP contribution in [0.25, 0.3) is 0 Å². The van der Waals surface area contributed by atoms with E-state index in [-0.39, 0.29) is 0 Å². The molecule has 4 atom stereocenters. The Kier molecular flexibility index (Phi) is 15.6. The van der Waals surface area contributed by atoms with Gasteiger partial charge in [-0.2, -0.15) is 0 Å². The van der Waals surface area contributed by atoms with Gasteiger partial charge in [0, 0.05) is 0 Å². The number of hydrogen-bond acceptors (Lipinski definition) is 6. The van der Waals surface area contributed by atoms with Crippen LogP contribution in [0.4, 0.5) is 9.59 Å². The predicted molar refractivity (Wildman–Crippen MR) is 110 cm³/mol. The lowest BCUT2D eigenvalue weighted by Gasteiger charge is -2.21. The number of ether oxygens (including phenoxy) is 4. The van der Waals surface area contributed by atoms with Gasteiger partial charge < -0.3 is 18.9 Å². The SMILES string of the molecule is CCCCC(CC)COC(=O)OC(C)C(C)OC(=O)OCC(CC)CCCC. The topological polar surface area (TPSA) is 71.1 Å². The van der Waals surface area contributed by atoms with E-state index >= 15 is 0 Å². The van der Waals surface area contributed by atoms with E-state index in [2.05, 4.69) is 27.7 Å². The van der Waals surface area contributed by atoms with Gasteiger partial charge in [0.1, 0.15) is 12.2 Å². The fraction of sp³-hybridized carbons (Fsp3) is 0.909. The van der Waals surface area contributed by atoms with Crippen molar-refractivity contribution in [1.82, 2.24) is 0 Å². The minimum absolute atomic E-state index is 0.352. The van der Waals surface area contributed by atoms with E-state index in [9.17, 15) is 9.59 Å². The molecule has 6 nitrogen and oxygen atoms in total. The largest absolute Gasteiger partial charge is 0.508 e.